The van der Waals surface area contributed by atoms with E-state index >= 15 is 0 Å². The van der Waals surface area contributed by atoms with Crippen molar-refractivity contribution in [2.75, 3.05) is 0 Å². The Hall–Kier alpha value is 0.990. The fourth-order valence-electron chi connectivity index (χ4n) is 0. The molecule has 7 heavy (non-hydrogen) atoms. The van der Waals surface area contributed by atoms with Crippen LogP contribution in [0.4, 0.5) is 0 Å². The van der Waals surface area contributed by atoms with Crippen molar-refractivity contribution in [3.63, 3.8) is 0 Å². The van der Waals surface area contributed by atoms with Gasteiger partial charge in [-0.1, -0.05) is 0 Å². The molecule has 1 atom stereocenters. The van der Waals surface area contributed by atoms with Crippen LogP contribution in [0.3, 0.4) is 0 Å². The Kier molecular flexibility index (Phi) is 22.6. The molecule has 0 aromatic carbocycles. The van der Waals surface area contributed by atoms with Crippen molar-refractivity contribution < 1.29 is 14.2 Å². The topological polar surface area (TPSA) is 107 Å². The Balaban J connectivity index is -0.0000000800. The van der Waals surface area contributed by atoms with Gasteiger partial charge in [-0.3, -0.25) is 10.4 Å². The monoisotopic (exact) mass is 138 g/mol. The van der Waals surface area contributed by atoms with E-state index in [2.05, 4.69) is 5.84 Å². The Morgan fingerprint density at radius 2 is 1.86 bits per heavy atom. The molecule has 1 unspecified atom stereocenters. The molecule has 0 aliphatic heterocycles. The first-order chi connectivity index (χ1) is 2.27. The van der Waals surface area contributed by atoms with Crippen molar-refractivity contribution in [2.45, 2.75) is 0 Å². The second-order valence-electron chi connectivity index (χ2n) is 0.367. The number of rotatable bonds is 1. The second-order valence-corrected chi connectivity index (χ2v) is 1.10. The van der Waals surface area contributed by atoms with Gasteiger partial charge in [0, 0.05) is 0 Å². The third-order valence-corrected chi connectivity index (χ3v) is 0.302. The summed E-state index contributed by atoms with van der Waals surface area (Å²) in [5, 5.41) is 0. The van der Waals surface area contributed by atoms with E-state index in [1.807, 2.05) is 0 Å². The van der Waals surface area contributed by atoms with Gasteiger partial charge in [-0.2, -0.15) is 4.83 Å². The number of hydrogen-bond donors (Lipinski definition) is 3. The summed E-state index contributed by atoms with van der Waals surface area (Å²) in [6.45, 7) is 0. The van der Waals surface area contributed by atoms with E-state index in [9.17, 15) is 4.21 Å². The first kappa shape index (κ1) is 15.7. The predicted molar refractivity (Wildman–Crippen MR) is 28.9 cm³/mol. The Bertz CT molecular complexity index is 48.2. The summed E-state index contributed by atoms with van der Waals surface area (Å²) in [4.78, 5) is 1.56. The van der Waals surface area contributed by atoms with Gasteiger partial charge in [-0.25, -0.2) is 4.21 Å². The Morgan fingerprint density at radius 1 is 1.71 bits per heavy atom. The maximum absolute atomic E-state index is 9.24. The van der Waals surface area contributed by atoms with Gasteiger partial charge in [0.25, 0.3) is 0 Å². The number of hydrazine groups is 1. The molecule has 0 saturated heterocycles. The van der Waals surface area contributed by atoms with Gasteiger partial charge in [-0.15, -0.1) is 0 Å². The third-order valence-electron chi connectivity index (χ3n) is 0.101. The van der Waals surface area contributed by atoms with Crippen LogP contribution in [-0.2, 0) is 11.3 Å². The number of nitrogens with one attached hydrogen (secondary N) is 1. The zero-order valence-corrected chi connectivity index (χ0v) is 3.66. The predicted octanol–water partition coefficient (Wildman–Crippen LogP) is -2.89. The molecule has 7 heteroatoms. The molecule has 0 amide bonds. The fourth-order valence-corrected chi connectivity index (χ4v) is 0. The van der Waals surface area contributed by atoms with Gasteiger partial charge < -0.3 is 5.48 Å². The van der Waals surface area contributed by atoms with E-state index in [4.69, 9.17) is 4.55 Å². The van der Waals surface area contributed by atoms with Crippen LogP contribution in [0.15, 0.2) is 0 Å². The summed E-state index contributed by atoms with van der Waals surface area (Å²) in [5.74, 6) is 4.37. The van der Waals surface area contributed by atoms with Crippen LogP contribution in [0.5, 0.6) is 0 Å². The molecule has 0 aliphatic rings. The van der Waals surface area contributed by atoms with Gasteiger partial charge in [0.15, 0.2) is 0 Å². The molecule has 0 aromatic heterocycles. The van der Waals surface area contributed by atoms with E-state index in [1.54, 1.807) is 4.83 Å². The molecule has 0 radical (unpaired) electrons. The van der Waals surface area contributed by atoms with Crippen molar-refractivity contribution >= 4 is 40.8 Å². The van der Waals surface area contributed by atoms with Crippen LogP contribution in [0.2, 0.25) is 0 Å². The van der Waals surface area contributed by atoms with Crippen molar-refractivity contribution in [1.29, 1.82) is 0 Å². The molecular formula is H7N2NaO3S. The average Bonchev–Trinajstić information content (AvgIpc) is 1.38. The van der Waals surface area contributed by atoms with Crippen molar-refractivity contribution in [2.24, 2.45) is 5.84 Å². The standard InChI is InChI=1S/H4N2O2S.Na.H2O.H/c1-2-5(3)4;;;/h2H,1H2,(H,3,4);;1H2;. The first-order valence-corrected chi connectivity index (χ1v) is 1.95. The summed E-state index contributed by atoms with van der Waals surface area (Å²) in [5.41, 5.74) is 0. The first-order valence-electron chi connectivity index (χ1n) is 0.842. The summed E-state index contributed by atoms with van der Waals surface area (Å²) < 4.78 is 16.8. The van der Waals surface area contributed by atoms with Crippen molar-refractivity contribution in [3.8, 4) is 0 Å². The summed E-state index contributed by atoms with van der Waals surface area (Å²) in [6.07, 6.45) is 0. The zero-order valence-electron chi connectivity index (χ0n) is 2.84. The van der Waals surface area contributed by atoms with Gasteiger partial charge in [-0.05, 0) is 0 Å². The normalized spacial score (nSPS) is 10.6. The van der Waals surface area contributed by atoms with Crippen molar-refractivity contribution in [1.82, 2.24) is 4.83 Å². The minimum absolute atomic E-state index is 0. The Labute approximate surface area is 65.6 Å². The number of hydrogen-bond acceptors (Lipinski definition) is 2. The molecule has 0 bridgehead atoms. The molecule has 0 spiro atoms. The van der Waals surface area contributed by atoms with Crippen LogP contribution in [0.25, 0.3) is 0 Å². The number of nitrogens with two attached hydrogens (primary N) is 1. The SMILES string of the molecule is NNS(=O)O.O.[NaH]. The van der Waals surface area contributed by atoms with Gasteiger partial charge in [0.05, 0.1) is 0 Å². The summed E-state index contributed by atoms with van der Waals surface area (Å²) in [6, 6.07) is 0. The van der Waals surface area contributed by atoms with E-state index in [0.717, 1.165) is 0 Å². The fraction of sp³-hybridized carbons (Fsp3) is 0. The van der Waals surface area contributed by atoms with E-state index in [1.165, 1.54) is 0 Å². The quantitative estimate of drug-likeness (QED) is 0.157. The molecule has 0 saturated carbocycles. The second kappa shape index (κ2) is 10.1. The molecule has 42 valence electrons. The summed E-state index contributed by atoms with van der Waals surface area (Å²) >= 11 is -2.04. The van der Waals surface area contributed by atoms with E-state index in [0.29, 0.717) is 0 Å². The van der Waals surface area contributed by atoms with E-state index < -0.39 is 11.3 Å². The maximum atomic E-state index is 9.24. The molecule has 5 nitrogen and oxygen atoms in total. The molecule has 6 N–H and O–H groups in total. The molecular weight excluding hydrogens is 131 g/mol. The van der Waals surface area contributed by atoms with Crippen molar-refractivity contribution in [3.05, 3.63) is 0 Å². The molecule has 0 rings (SSSR count). The van der Waals surface area contributed by atoms with Gasteiger partial charge in [0.2, 0.25) is 11.3 Å². The van der Waals surface area contributed by atoms with Crippen LogP contribution < -0.4 is 10.7 Å². The summed E-state index contributed by atoms with van der Waals surface area (Å²) in [7, 11) is 0. The van der Waals surface area contributed by atoms with Crippen LogP contribution >= 0.6 is 0 Å². The molecule has 0 fully saturated rings. The Morgan fingerprint density at radius 3 is 1.86 bits per heavy atom. The van der Waals surface area contributed by atoms with Crippen LogP contribution in [0, 0.1) is 0 Å². The van der Waals surface area contributed by atoms with Gasteiger partial charge in [0.1, 0.15) is 0 Å². The zero-order chi connectivity index (χ0) is 4.28. The third kappa shape index (κ3) is 19.5. The van der Waals surface area contributed by atoms with Gasteiger partial charge >= 0.3 is 29.6 Å². The average molecular weight is 138 g/mol. The molecule has 0 aliphatic carbocycles. The minimum atomic E-state index is -2.04. The molecule has 0 heterocycles. The molecule has 0 aromatic rings. The van der Waals surface area contributed by atoms with Crippen LogP contribution in [-0.4, -0.2) is 43.8 Å². The van der Waals surface area contributed by atoms with Crippen LogP contribution in [0.1, 0.15) is 0 Å². The van der Waals surface area contributed by atoms with E-state index in [-0.39, 0.29) is 35.0 Å².